The van der Waals surface area contributed by atoms with Crippen LogP contribution in [0.1, 0.15) is 5.56 Å². The fourth-order valence-electron chi connectivity index (χ4n) is 21.3. The quantitative estimate of drug-likeness (QED) is 0.0996. The number of halogens is 24. The van der Waals surface area contributed by atoms with Crippen LogP contribution in [0.4, 0.5) is 34.3 Å². The van der Waals surface area contributed by atoms with Crippen LogP contribution in [0, 0.1) is 17.6 Å². The summed E-state index contributed by atoms with van der Waals surface area (Å²) in [5.41, 5.74) is 23.4. The molecule has 0 amide bonds. The van der Waals surface area contributed by atoms with Crippen molar-refractivity contribution in [2.75, 3.05) is 0 Å². The van der Waals surface area contributed by atoms with Gasteiger partial charge in [0.2, 0.25) is 0 Å². The molecule has 39 heteroatoms. The maximum absolute atomic E-state index is 15.5. The molecule has 0 N–H and O–H groups in total. The summed E-state index contributed by atoms with van der Waals surface area (Å²) in [6.07, 6.45) is 0. The standard InChI is InChI=1S/C25H16BNO.3C24H13BF4I2N2O.6FH/c1-15-7-4-8-16-17-9-5-11-19-25(17)27(24(15)16)20-12-6-14-22-23(20)26(19)18-10-2-3-13-21(18)28-22;26-30(27)32-31(28,29)14-12-16-15-6-1-3-8-19(15)33-20-9-5-11-22-23(20)25(18(13-14)24(16)33)17-7-2-4-10-21(17)34-22;26-30(27)32-31(28,29)17-13-12-15-14-6-1-3-8-18(14)33-19-9-5-11-21-23(19)25(22(17)24(15)33)16-7-2-4-10-20(16)34-21;26-30(27)32-31(28,29)17-13-12-16-24-22(17)14-6-1-3-8-18(14)33(24)19-9-5-11-21-23(19)25(16)15-7-2-4-10-20(15)34-21;;;;;;/h2-14H,1H3;3*1-13H;6*1H/p-6. The van der Waals surface area contributed by atoms with E-state index in [9.17, 15) is 17.2 Å². The molecule has 4 aromatic heterocycles. The van der Waals surface area contributed by atoms with E-state index in [4.69, 9.17) is 18.9 Å². The number of rotatable bonds is 6. The molecular formula is C97H55B4F18I6N7O4-6. The van der Waals surface area contributed by atoms with Crippen molar-refractivity contribution in [3.8, 4) is 68.7 Å². The van der Waals surface area contributed by atoms with Gasteiger partial charge < -0.3 is 37.5 Å². The second kappa shape index (κ2) is 35.0. The Kier molecular flexibility index (Phi) is 24.1. The number of hydrogen-bond donors (Lipinski definition) is 0. The Morgan fingerprint density at radius 1 is 0.250 bits per heavy atom. The molecule has 0 bridgehead atoms. The molecule has 16 aromatic carbocycles. The summed E-state index contributed by atoms with van der Waals surface area (Å²) in [6.45, 7) is 1.29. The molecule has 12 heterocycles. The molecule has 0 atom stereocenters. The van der Waals surface area contributed by atoms with Gasteiger partial charge in [0.15, 0.2) is 0 Å². The van der Waals surface area contributed by atoms with Crippen LogP contribution in [0.5, 0.6) is 46.0 Å². The van der Waals surface area contributed by atoms with Gasteiger partial charge in [-0.25, -0.2) is 0 Å². The molecule has 11 nitrogen and oxygen atoms in total. The van der Waals surface area contributed by atoms with Gasteiger partial charge in [-0.05, 0) is 47.1 Å². The van der Waals surface area contributed by atoms with E-state index in [1.165, 1.54) is 73.7 Å². The van der Waals surface area contributed by atoms with Gasteiger partial charge in [-0.3, -0.25) is 0 Å². The molecular weight excluding hydrogens is 2470 g/mol. The van der Waals surface area contributed by atoms with Crippen LogP contribution in [-0.2, 0) is 0 Å². The van der Waals surface area contributed by atoms with Crippen LogP contribution < -0.4 is 113 Å². The average Bonchev–Trinajstić information content (AvgIpc) is 1.55. The third-order valence-corrected chi connectivity index (χ3v) is 49.6. The van der Waals surface area contributed by atoms with Crippen LogP contribution >= 0.6 is 122 Å². The Hall–Kier alpha value is -11.3. The SMILES string of the molecule is Cc1cccc2c3cccc4c3n(c12)-c1cccc2c1B4c1ccccc1O2.FI(F)N=I(F)(F)c1cc2c3c(c1)c1ccccc1n3-c1cccc3c1B2c1ccccc1O3.FI(F)N=I(F)(F)c1ccc2c3c1c1ccccc1n3-c1cccc3c1B2c1ccccc1O3.FI(F)N=I(F)(F)c1ccc2c3ccccc3n3c2c1B1c2ccccc2Oc2cccc-3c21.[F-].[F-].[F-].[F-].[F-].[F-]. The maximum Gasteiger partial charge on any atom is -1.00 e. The van der Waals surface area contributed by atoms with Crippen molar-refractivity contribution in [2.24, 2.45) is 4.08 Å². The van der Waals surface area contributed by atoms with Crippen molar-refractivity contribution in [1.29, 1.82) is 0 Å². The maximum atomic E-state index is 15.5. The van der Waals surface area contributed by atoms with E-state index in [1.807, 2.05) is 197 Å². The molecule has 0 fully saturated rings. The molecule has 0 spiro atoms. The molecule has 0 unspecified atom stereocenters. The van der Waals surface area contributed by atoms with Crippen molar-refractivity contribution in [3.63, 3.8) is 0 Å². The van der Waals surface area contributed by atoms with Crippen LogP contribution in [0.3, 0.4) is 0 Å². The van der Waals surface area contributed by atoms with Gasteiger partial charge in [0.25, 0.3) is 6.71 Å². The largest absolute Gasteiger partial charge is 1.00 e. The molecule has 8 aliphatic rings. The van der Waals surface area contributed by atoms with Crippen molar-refractivity contribution in [3.05, 3.63) is 332 Å². The monoisotopic (exact) mass is 2530 g/mol. The average molecular weight is 2530 g/mol. The second-order valence-corrected chi connectivity index (χ2v) is 54.4. The molecule has 136 heavy (non-hydrogen) atoms. The first-order valence-electron chi connectivity index (χ1n) is 40.8. The Morgan fingerprint density at radius 3 is 1.07 bits per heavy atom. The smallest absolute Gasteiger partial charge is 1.00 e. The Balaban J connectivity index is 0.000000115. The van der Waals surface area contributed by atoms with E-state index in [-0.39, 0.29) is 59.1 Å². The summed E-state index contributed by atoms with van der Waals surface area (Å²) < 4.78 is 212. The zero-order valence-electron chi connectivity index (χ0n) is 69.2. The van der Waals surface area contributed by atoms with E-state index >= 15 is 17.2 Å². The first-order chi connectivity index (χ1) is 63.2. The number of hydrogen-bond acceptors (Lipinski definition) is 7. The van der Waals surface area contributed by atoms with Gasteiger partial charge >= 0.3 is 622 Å². The third kappa shape index (κ3) is 14.0. The van der Waals surface area contributed by atoms with Gasteiger partial charge in [-0.15, -0.1) is 0 Å². The summed E-state index contributed by atoms with van der Waals surface area (Å²) in [5, 5.41) is 6.80. The first kappa shape index (κ1) is 93.7. The van der Waals surface area contributed by atoms with Crippen molar-refractivity contribution >= 4 is 302 Å². The van der Waals surface area contributed by atoms with Gasteiger partial charge in [-0.1, -0.05) is 60.7 Å². The molecule has 0 radical (unpaired) electrons. The molecule has 0 saturated heterocycles. The van der Waals surface area contributed by atoms with Crippen LogP contribution in [0.2, 0.25) is 0 Å². The van der Waals surface area contributed by atoms with E-state index in [0.29, 0.717) is 61.1 Å². The summed E-state index contributed by atoms with van der Waals surface area (Å²) >= 11 is -33.6. The van der Waals surface area contributed by atoms with Crippen molar-refractivity contribution in [2.45, 2.75) is 6.92 Å². The Bertz CT molecular complexity index is 8640. The number of ether oxygens (including phenoxy) is 4. The van der Waals surface area contributed by atoms with Crippen molar-refractivity contribution < 1.29 is 81.5 Å². The van der Waals surface area contributed by atoms with Crippen molar-refractivity contribution in [1.82, 2.24) is 18.3 Å². The molecule has 688 valence electrons. The minimum atomic E-state index is -6.29. The normalized spacial score (nSPS) is 13.6. The van der Waals surface area contributed by atoms with E-state index in [0.717, 1.165) is 117 Å². The molecule has 20 aromatic rings. The van der Waals surface area contributed by atoms with E-state index in [1.54, 1.807) is 24.3 Å². The Morgan fingerprint density at radius 2 is 0.574 bits per heavy atom. The molecule has 28 rings (SSSR count). The van der Waals surface area contributed by atoms with Crippen LogP contribution in [0.25, 0.3) is 110 Å². The van der Waals surface area contributed by atoms with Gasteiger partial charge in [-0.2, -0.15) is 0 Å². The predicted molar refractivity (Wildman–Crippen MR) is 553 cm³/mol. The number of para-hydroxylation sites is 9. The van der Waals surface area contributed by atoms with Crippen LogP contribution in [0.15, 0.2) is 320 Å². The fourth-order valence-corrected chi connectivity index (χ4v) is 39.1. The minimum Gasteiger partial charge on any atom is -1.00 e. The number of fused-ring (bicyclic) bond motifs is 28. The molecule has 0 aliphatic carbocycles. The number of aromatic nitrogens is 4. The van der Waals surface area contributed by atoms with E-state index < -0.39 is 129 Å². The third-order valence-electron chi connectivity index (χ3n) is 25.9. The summed E-state index contributed by atoms with van der Waals surface area (Å²) in [6, 6.07) is 99.7. The number of aryl methyl sites for hydroxylation is 1. The zero-order valence-corrected chi connectivity index (χ0v) is 82.1. The first-order valence-corrected chi connectivity index (χ1v) is 59.6. The number of benzene rings is 16. The van der Waals surface area contributed by atoms with E-state index in [2.05, 4.69) is 99.0 Å². The zero-order chi connectivity index (χ0) is 88.0. The second-order valence-electron chi connectivity index (χ2n) is 32.2. The Labute approximate surface area is 804 Å². The summed E-state index contributed by atoms with van der Waals surface area (Å²) in [4.78, 5) is 0. The van der Waals surface area contributed by atoms with Gasteiger partial charge in [0.1, 0.15) is 11.5 Å². The molecule has 0 saturated carbocycles. The fraction of sp³-hybridized carbons (Fsp3) is 0.0103. The number of nitrogens with zero attached hydrogens (tertiary/aromatic N) is 7. The topological polar surface area (TPSA) is 93.7 Å². The van der Waals surface area contributed by atoms with Crippen LogP contribution in [-0.4, -0.2) is 45.1 Å². The molecule has 8 aliphatic heterocycles. The predicted octanol–water partition coefficient (Wildman–Crippen LogP) is 7.27. The van der Waals surface area contributed by atoms with Gasteiger partial charge in [0, 0.05) is 22.0 Å². The minimum absolute atomic E-state index is 0. The van der Waals surface area contributed by atoms with Gasteiger partial charge in [0.05, 0.1) is 5.52 Å². The summed E-state index contributed by atoms with van der Waals surface area (Å²) in [5.74, 6) is 5.89. The summed E-state index contributed by atoms with van der Waals surface area (Å²) in [7, 11) is 0.